The molecule has 2 rings (SSSR count). The molecule has 0 radical (unpaired) electrons. The first-order chi connectivity index (χ1) is 11.1. The predicted octanol–water partition coefficient (Wildman–Crippen LogP) is 2.82. The summed E-state index contributed by atoms with van der Waals surface area (Å²) < 4.78 is 10.6. The van der Waals surface area contributed by atoms with Gasteiger partial charge >= 0.3 is 11.9 Å². The van der Waals surface area contributed by atoms with Gasteiger partial charge in [-0.1, -0.05) is 13.8 Å². The minimum atomic E-state index is -0.0320. The van der Waals surface area contributed by atoms with E-state index in [4.69, 9.17) is 9.47 Å². The van der Waals surface area contributed by atoms with Crippen molar-refractivity contribution in [2.75, 3.05) is 13.1 Å². The fourth-order valence-corrected chi connectivity index (χ4v) is 3.36. The number of hydrogen-bond donors (Lipinski definition) is 1. The monoisotopic (exact) mass is 325 g/mol. The molecule has 0 bridgehead atoms. The molecule has 0 amide bonds. The molecule has 2 aliphatic heterocycles. The number of unbranched alkanes of at least 4 members (excludes halogenated alkanes) is 2. The highest BCUT2D eigenvalue weighted by molar-refractivity contribution is 5.74. The van der Waals surface area contributed by atoms with Crippen molar-refractivity contribution in [3.05, 3.63) is 0 Å². The Kier molecular flexibility index (Phi) is 7.34. The molecule has 0 aromatic rings. The first-order valence-electron chi connectivity index (χ1n) is 9.18. The lowest BCUT2D eigenvalue weighted by atomic mass is 10.0. The maximum Gasteiger partial charge on any atom is 0.309 e. The molecule has 5 heteroatoms. The summed E-state index contributed by atoms with van der Waals surface area (Å²) in [5.74, 6) is 0.103. The first kappa shape index (κ1) is 18.2. The molecule has 2 aliphatic rings. The third-order valence-corrected chi connectivity index (χ3v) is 4.86. The Labute approximate surface area is 139 Å². The molecule has 0 unspecified atom stereocenters. The van der Waals surface area contributed by atoms with E-state index in [0.29, 0.717) is 0 Å². The zero-order valence-electron chi connectivity index (χ0n) is 14.5. The van der Waals surface area contributed by atoms with Crippen molar-refractivity contribution >= 4 is 11.9 Å². The van der Waals surface area contributed by atoms with E-state index < -0.39 is 0 Å². The van der Waals surface area contributed by atoms with Crippen LogP contribution in [0.15, 0.2) is 0 Å². The van der Waals surface area contributed by atoms with Crippen molar-refractivity contribution in [2.45, 2.75) is 77.4 Å². The molecule has 0 aromatic carbocycles. The largest absolute Gasteiger partial charge is 0.462 e. The Morgan fingerprint density at radius 1 is 0.826 bits per heavy atom. The minimum Gasteiger partial charge on any atom is -0.462 e. The summed E-state index contributed by atoms with van der Waals surface area (Å²) in [4.78, 5) is 22.6. The van der Waals surface area contributed by atoms with E-state index in [-0.39, 0.29) is 36.0 Å². The quantitative estimate of drug-likeness (QED) is 0.494. The second kappa shape index (κ2) is 9.26. The Hall–Kier alpha value is -1.10. The van der Waals surface area contributed by atoms with E-state index in [9.17, 15) is 9.59 Å². The zero-order valence-corrected chi connectivity index (χ0v) is 14.5. The zero-order chi connectivity index (χ0) is 16.7. The Morgan fingerprint density at radius 3 is 1.61 bits per heavy atom. The van der Waals surface area contributed by atoms with Gasteiger partial charge < -0.3 is 14.8 Å². The number of rotatable bonds is 10. The van der Waals surface area contributed by atoms with E-state index in [0.717, 1.165) is 64.5 Å². The average molecular weight is 325 g/mol. The van der Waals surface area contributed by atoms with Crippen molar-refractivity contribution in [1.82, 2.24) is 5.32 Å². The molecule has 0 aliphatic carbocycles. The van der Waals surface area contributed by atoms with Crippen molar-refractivity contribution in [2.24, 2.45) is 11.8 Å². The molecule has 132 valence electrons. The van der Waals surface area contributed by atoms with Crippen LogP contribution in [0.1, 0.15) is 65.2 Å². The Balaban J connectivity index is 1.36. The molecule has 2 saturated heterocycles. The van der Waals surface area contributed by atoms with Crippen LogP contribution < -0.4 is 5.32 Å². The topological polar surface area (TPSA) is 64.6 Å². The summed E-state index contributed by atoms with van der Waals surface area (Å²) in [6, 6.07) is 0. The van der Waals surface area contributed by atoms with E-state index in [1.54, 1.807) is 0 Å². The average Bonchev–Trinajstić information content (AvgIpc) is 2.99. The lowest BCUT2D eigenvalue weighted by Gasteiger charge is -2.10. The van der Waals surface area contributed by atoms with Crippen molar-refractivity contribution in [1.29, 1.82) is 0 Å². The van der Waals surface area contributed by atoms with Gasteiger partial charge in [-0.15, -0.1) is 0 Å². The van der Waals surface area contributed by atoms with Crippen LogP contribution in [0.3, 0.4) is 0 Å². The lowest BCUT2D eigenvalue weighted by Crippen LogP contribution is -2.18. The SMILES string of the molecule is C[C@H]1C[C@H](CCCCNCCCC[C@H]2C[C@H](C)C(=O)O2)OC1=O. The number of esters is 2. The summed E-state index contributed by atoms with van der Waals surface area (Å²) in [7, 11) is 0. The fraction of sp³-hybridized carbons (Fsp3) is 0.889. The summed E-state index contributed by atoms with van der Waals surface area (Å²) in [6.45, 7) is 5.92. The standard InChI is InChI=1S/C18H31NO4/c1-13-11-15(22-17(13)20)7-3-5-9-19-10-6-4-8-16-12-14(2)18(21)23-16/h13-16,19H,3-12H2,1-2H3/t13-,14-,15-,16-/m0/s1. The van der Waals surface area contributed by atoms with Gasteiger partial charge in [0.2, 0.25) is 0 Å². The van der Waals surface area contributed by atoms with Gasteiger partial charge in [0.15, 0.2) is 0 Å². The van der Waals surface area contributed by atoms with Crippen LogP contribution in [0, 0.1) is 11.8 Å². The van der Waals surface area contributed by atoms with Crippen LogP contribution in [0.25, 0.3) is 0 Å². The van der Waals surface area contributed by atoms with Gasteiger partial charge in [-0.25, -0.2) is 0 Å². The Morgan fingerprint density at radius 2 is 1.26 bits per heavy atom. The van der Waals surface area contributed by atoms with Crippen LogP contribution in [0.4, 0.5) is 0 Å². The molecule has 0 spiro atoms. The summed E-state index contributed by atoms with van der Waals surface area (Å²) in [5.41, 5.74) is 0. The second-order valence-corrected chi connectivity index (χ2v) is 7.13. The summed E-state index contributed by atoms with van der Waals surface area (Å²) in [6.07, 6.45) is 8.50. The smallest absolute Gasteiger partial charge is 0.309 e. The molecule has 5 nitrogen and oxygen atoms in total. The molecule has 2 heterocycles. The number of carbonyl (C=O) groups is 2. The van der Waals surface area contributed by atoms with Gasteiger partial charge in [0.25, 0.3) is 0 Å². The highest BCUT2D eigenvalue weighted by atomic mass is 16.6. The fourth-order valence-electron chi connectivity index (χ4n) is 3.36. The van der Waals surface area contributed by atoms with Crippen LogP contribution in [0.5, 0.6) is 0 Å². The van der Waals surface area contributed by atoms with Crippen molar-refractivity contribution < 1.29 is 19.1 Å². The van der Waals surface area contributed by atoms with Crippen molar-refractivity contribution in [3.8, 4) is 0 Å². The highest BCUT2D eigenvalue weighted by Crippen LogP contribution is 2.24. The first-order valence-corrected chi connectivity index (χ1v) is 9.18. The molecule has 2 fully saturated rings. The van der Waals surface area contributed by atoms with E-state index in [1.807, 2.05) is 13.8 Å². The van der Waals surface area contributed by atoms with Crippen LogP contribution in [0.2, 0.25) is 0 Å². The van der Waals surface area contributed by atoms with Crippen LogP contribution in [-0.2, 0) is 19.1 Å². The molecule has 4 atom stereocenters. The molecular formula is C18H31NO4. The second-order valence-electron chi connectivity index (χ2n) is 7.13. The van der Waals surface area contributed by atoms with E-state index in [2.05, 4.69) is 5.32 Å². The van der Waals surface area contributed by atoms with E-state index in [1.165, 1.54) is 0 Å². The van der Waals surface area contributed by atoms with Gasteiger partial charge in [-0.3, -0.25) is 9.59 Å². The number of ether oxygens (including phenoxy) is 2. The van der Waals surface area contributed by atoms with Gasteiger partial charge in [0.05, 0.1) is 11.8 Å². The predicted molar refractivity (Wildman–Crippen MR) is 87.9 cm³/mol. The third-order valence-electron chi connectivity index (χ3n) is 4.86. The summed E-state index contributed by atoms with van der Waals surface area (Å²) in [5, 5.41) is 3.46. The number of carbonyl (C=O) groups excluding carboxylic acids is 2. The normalized spacial score (nSPS) is 30.5. The van der Waals surface area contributed by atoms with Crippen LogP contribution >= 0.6 is 0 Å². The van der Waals surface area contributed by atoms with Gasteiger partial charge in [0.1, 0.15) is 12.2 Å². The summed E-state index contributed by atoms with van der Waals surface area (Å²) >= 11 is 0. The molecule has 23 heavy (non-hydrogen) atoms. The number of hydrogen-bond acceptors (Lipinski definition) is 5. The van der Waals surface area contributed by atoms with Crippen molar-refractivity contribution in [3.63, 3.8) is 0 Å². The number of nitrogens with one attached hydrogen (secondary N) is 1. The highest BCUT2D eigenvalue weighted by Gasteiger charge is 2.30. The van der Waals surface area contributed by atoms with Gasteiger partial charge in [-0.05, 0) is 64.5 Å². The lowest BCUT2D eigenvalue weighted by molar-refractivity contribution is -0.145. The van der Waals surface area contributed by atoms with Crippen LogP contribution in [-0.4, -0.2) is 37.2 Å². The van der Waals surface area contributed by atoms with Gasteiger partial charge in [0, 0.05) is 0 Å². The molecule has 0 saturated carbocycles. The maximum absolute atomic E-state index is 11.3. The minimum absolute atomic E-state index is 0.0320. The number of cyclic esters (lactones) is 2. The third kappa shape index (κ3) is 6.13. The molecule has 1 N–H and O–H groups in total. The van der Waals surface area contributed by atoms with Gasteiger partial charge in [-0.2, -0.15) is 0 Å². The molecular weight excluding hydrogens is 294 g/mol. The maximum atomic E-state index is 11.3. The molecule has 0 aromatic heterocycles. The van der Waals surface area contributed by atoms with E-state index >= 15 is 0 Å². The Bertz CT molecular complexity index is 362.